The highest BCUT2D eigenvalue weighted by Crippen LogP contribution is 2.26. The highest BCUT2D eigenvalue weighted by Gasteiger charge is 2.09. The molecule has 0 saturated carbocycles. The van der Waals surface area contributed by atoms with E-state index in [4.69, 9.17) is 10.9 Å². The summed E-state index contributed by atoms with van der Waals surface area (Å²) in [7, 11) is 0. The van der Waals surface area contributed by atoms with Crippen LogP contribution in [0, 0.1) is 0 Å². The molecule has 6 nitrogen and oxygen atoms in total. The SMILES string of the molecule is NC(=NO)c1ccc(-c2cn(Cc3ccccc3)nn2)s1. The summed E-state index contributed by atoms with van der Waals surface area (Å²) in [5, 5.41) is 20.0. The van der Waals surface area contributed by atoms with E-state index >= 15 is 0 Å². The number of thiophene rings is 1. The molecular formula is C14H13N5OS. The van der Waals surface area contributed by atoms with Gasteiger partial charge in [0, 0.05) is 0 Å². The zero-order valence-electron chi connectivity index (χ0n) is 11.0. The number of benzene rings is 1. The monoisotopic (exact) mass is 299 g/mol. The van der Waals surface area contributed by atoms with Crippen molar-refractivity contribution in [1.29, 1.82) is 0 Å². The molecule has 0 aliphatic carbocycles. The molecule has 2 aromatic heterocycles. The van der Waals surface area contributed by atoms with Crippen LogP contribution in [-0.2, 0) is 6.54 Å². The first-order valence-electron chi connectivity index (χ1n) is 6.28. The highest BCUT2D eigenvalue weighted by atomic mass is 32.1. The summed E-state index contributed by atoms with van der Waals surface area (Å²) in [6.45, 7) is 0.673. The number of hydrogen-bond donors (Lipinski definition) is 2. The first-order chi connectivity index (χ1) is 10.3. The summed E-state index contributed by atoms with van der Waals surface area (Å²) in [5.41, 5.74) is 7.50. The average molecular weight is 299 g/mol. The van der Waals surface area contributed by atoms with Crippen LogP contribution in [0.25, 0.3) is 10.6 Å². The van der Waals surface area contributed by atoms with Gasteiger partial charge in [0.05, 0.1) is 22.5 Å². The van der Waals surface area contributed by atoms with Crippen molar-refractivity contribution in [3.8, 4) is 10.6 Å². The van der Waals surface area contributed by atoms with Crippen LogP contribution in [0.4, 0.5) is 0 Å². The van der Waals surface area contributed by atoms with E-state index in [0.717, 1.165) is 16.1 Å². The standard InChI is InChI=1S/C14H13N5OS/c15-14(17-20)13-7-6-12(21-13)11-9-19(18-16-11)8-10-4-2-1-3-5-10/h1-7,9,20H,8H2,(H2,15,17). The summed E-state index contributed by atoms with van der Waals surface area (Å²) in [4.78, 5) is 1.63. The number of amidine groups is 1. The second-order valence-electron chi connectivity index (χ2n) is 4.44. The van der Waals surface area contributed by atoms with Gasteiger partial charge in [-0.2, -0.15) is 0 Å². The summed E-state index contributed by atoms with van der Waals surface area (Å²) < 4.78 is 1.79. The average Bonchev–Trinajstić information content (AvgIpc) is 3.16. The third kappa shape index (κ3) is 2.92. The molecule has 0 saturated heterocycles. The van der Waals surface area contributed by atoms with E-state index in [2.05, 4.69) is 15.5 Å². The lowest BCUT2D eigenvalue weighted by atomic mass is 10.2. The number of hydrogen-bond acceptors (Lipinski definition) is 5. The number of nitrogens with two attached hydrogens (primary N) is 1. The summed E-state index contributed by atoms with van der Waals surface area (Å²) >= 11 is 1.41. The molecule has 7 heteroatoms. The van der Waals surface area contributed by atoms with Crippen LogP contribution in [0.3, 0.4) is 0 Å². The molecule has 0 radical (unpaired) electrons. The fraction of sp³-hybridized carbons (Fsp3) is 0.0714. The molecule has 0 amide bonds. The lowest BCUT2D eigenvalue weighted by Crippen LogP contribution is -2.10. The molecule has 0 spiro atoms. The van der Waals surface area contributed by atoms with Crippen molar-refractivity contribution >= 4 is 17.2 Å². The Kier molecular flexibility index (Phi) is 3.65. The minimum Gasteiger partial charge on any atom is -0.409 e. The van der Waals surface area contributed by atoms with Crippen LogP contribution in [0.5, 0.6) is 0 Å². The van der Waals surface area contributed by atoms with Crippen LogP contribution >= 0.6 is 11.3 Å². The maximum atomic E-state index is 8.67. The molecular weight excluding hydrogens is 286 g/mol. The molecule has 0 aliphatic rings. The zero-order valence-corrected chi connectivity index (χ0v) is 11.9. The second kappa shape index (κ2) is 5.76. The van der Waals surface area contributed by atoms with Crippen LogP contribution in [0.1, 0.15) is 10.4 Å². The van der Waals surface area contributed by atoms with Crippen molar-refractivity contribution in [2.24, 2.45) is 10.9 Å². The van der Waals surface area contributed by atoms with E-state index < -0.39 is 0 Å². The molecule has 3 aromatic rings. The van der Waals surface area contributed by atoms with Crippen molar-refractivity contribution in [1.82, 2.24) is 15.0 Å². The second-order valence-corrected chi connectivity index (χ2v) is 5.52. The van der Waals surface area contributed by atoms with Crippen molar-refractivity contribution in [3.05, 3.63) is 59.1 Å². The Balaban J connectivity index is 1.80. The Labute approximate surface area is 125 Å². The summed E-state index contributed by atoms with van der Waals surface area (Å²) in [6, 6.07) is 13.7. The van der Waals surface area contributed by atoms with Crippen molar-refractivity contribution in [2.45, 2.75) is 6.54 Å². The Morgan fingerprint density at radius 1 is 1.24 bits per heavy atom. The molecule has 0 aliphatic heterocycles. The first kappa shape index (κ1) is 13.3. The first-order valence-corrected chi connectivity index (χ1v) is 7.10. The van der Waals surface area contributed by atoms with Crippen LogP contribution in [0.15, 0.2) is 53.8 Å². The zero-order chi connectivity index (χ0) is 14.7. The Hall–Kier alpha value is -2.67. The summed E-state index contributed by atoms with van der Waals surface area (Å²) in [6.07, 6.45) is 1.88. The molecule has 1 aromatic carbocycles. The summed E-state index contributed by atoms with van der Waals surface area (Å²) in [5.74, 6) is 0.0999. The van der Waals surface area contributed by atoms with Crippen molar-refractivity contribution in [2.75, 3.05) is 0 Å². The fourth-order valence-corrected chi connectivity index (χ4v) is 2.77. The smallest absolute Gasteiger partial charge is 0.180 e. The highest BCUT2D eigenvalue weighted by molar-refractivity contribution is 7.17. The van der Waals surface area contributed by atoms with E-state index in [1.54, 1.807) is 10.7 Å². The van der Waals surface area contributed by atoms with Gasteiger partial charge < -0.3 is 10.9 Å². The van der Waals surface area contributed by atoms with Crippen LogP contribution in [-0.4, -0.2) is 26.0 Å². The Morgan fingerprint density at radius 3 is 2.81 bits per heavy atom. The molecule has 106 valence electrons. The quantitative estimate of drug-likeness (QED) is 0.334. The van der Waals surface area contributed by atoms with Gasteiger partial charge in [-0.15, -0.1) is 16.4 Å². The van der Waals surface area contributed by atoms with Gasteiger partial charge in [-0.1, -0.05) is 40.7 Å². The van der Waals surface area contributed by atoms with E-state index in [1.807, 2.05) is 42.6 Å². The number of nitrogens with zero attached hydrogens (tertiary/aromatic N) is 4. The number of rotatable bonds is 4. The van der Waals surface area contributed by atoms with Crippen molar-refractivity contribution < 1.29 is 5.21 Å². The van der Waals surface area contributed by atoms with E-state index in [-0.39, 0.29) is 5.84 Å². The van der Waals surface area contributed by atoms with Gasteiger partial charge in [-0.05, 0) is 17.7 Å². The van der Waals surface area contributed by atoms with E-state index in [1.165, 1.54) is 11.3 Å². The molecule has 3 N–H and O–H groups in total. The van der Waals surface area contributed by atoms with Gasteiger partial charge in [-0.3, -0.25) is 0 Å². The van der Waals surface area contributed by atoms with Gasteiger partial charge in [-0.25, -0.2) is 4.68 Å². The molecule has 0 bridgehead atoms. The molecule has 3 rings (SSSR count). The van der Waals surface area contributed by atoms with Crippen LogP contribution < -0.4 is 5.73 Å². The molecule has 0 atom stereocenters. The van der Waals surface area contributed by atoms with Gasteiger partial charge >= 0.3 is 0 Å². The molecule has 0 unspecified atom stereocenters. The largest absolute Gasteiger partial charge is 0.409 e. The maximum Gasteiger partial charge on any atom is 0.180 e. The Bertz CT molecular complexity index is 763. The predicted molar refractivity (Wildman–Crippen MR) is 81.4 cm³/mol. The lowest BCUT2D eigenvalue weighted by molar-refractivity contribution is 0.319. The molecule has 2 heterocycles. The van der Waals surface area contributed by atoms with Gasteiger partial charge in [0.2, 0.25) is 0 Å². The minimum atomic E-state index is 0.0999. The van der Waals surface area contributed by atoms with Crippen LogP contribution in [0.2, 0.25) is 0 Å². The topological polar surface area (TPSA) is 89.3 Å². The van der Waals surface area contributed by atoms with E-state index in [0.29, 0.717) is 11.4 Å². The fourth-order valence-electron chi connectivity index (χ4n) is 1.92. The van der Waals surface area contributed by atoms with Gasteiger partial charge in [0.1, 0.15) is 5.69 Å². The number of aromatic nitrogens is 3. The van der Waals surface area contributed by atoms with Gasteiger partial charge in [0.25, 0.3) is 0 Å². The third-order valence-electron chi connectivity index (χ3n) is 2.94. The van der Waals surface area contributed by atoms with Gasteiger partial charge in [0.15, 0.2) is 5.84 Å². The normalized spacial score (nSPS) is 11.7. The molecule has 21 heavy (non-hydrogen) atoms. The third-order valence-corrected chi connectivity index (χ3v) is 4.07. The van der Waals surface area contributed by atoms with E-state index in [9.17, 15) is 0 Å². The minimum absolute atomic E-state index is 0.0999. The maximum absolute atomic E-state index is 8.67. The predicted octanol–water partition coefficient (Wildman–Crippen LogP) is 2.15. The van der Waals surface area contributed by atoms with Crippen molar-refractivity contribution in [3.63, 3.8) is 0 Å². The number of oxime groups is 1. The Morgan fingerprint density at radius 2 is 2.05 bits per heavy atom. The molecule has 0 fully saturated rings. The lowest BCUT2D eigenvalue weighted by Gasteiger charge is -1.99.